The molecule has 2 rings (SSSR count). The number of carbonyl (C=O) groups is 1. The third-order valence-corrected chi connectivity index (χ3v) is 4.93. The van der Waals surface area contributed by atoms with Gasteiger partial charge in [0.25, 0.3) is 5.91 Å². The molecule has 0 aliphatic heterocycles. The fourth-order valence-corrected chi connectivity index (χ4v) is 3.24. The average Bonchev–Trinajstić information content (AvgIpc) is 2.72. The van der Waals surface area contributed by atoms with Crippen molar-refractivity contribution in [2.75, 3.05) is 11.6 Å². The molecular formula is C13H14N2O2S2. The highest BCUT2D eigenvalue weighted by atomic mass is 32.2. The van der Waals surface area contributed by atoms with Crippen LogP contribution in [0.5, 0.6) is 5.75 Å². The molecule has 0 radical (unpaired) electrons. The maximum atomic E-state index is 12.1. The molecule has 0 aliphatic rings. The summed E-state index contributed by atoms with van der Waals surface area (Å²) in [6, 6.07) is 5.09. The zero-order chi connectivity index (χ0) is 14.0. The molecule has 1 heterocycles. The zero-order valence-corrected chi connectivity index (χ0v) is 12.5. The van der Waals surface area contributed by atoms with Gasteiger partial charge in [0, 0.05) is 0 Å². The van der Waals surface area contributed by atoms with Crippen LogP contribution in [0.2, 0.25) is 0 Å². The Kier molecular flexibility index (Phi) is 4.11. The molecule has 0 atom stereocenters. The lowest BCUT2D eigenvalue weighted by atomic mass is 10.1. The van der Waals surface area contributed by atoms with Crippen LogP contribution in [0, 0.1) is 13.8 Å². The number of hydrogen-bond donors (Lipinski definition) is 2. The Morgan fingerprint density at radius 1 is 1.42 bits per heavy atom. The number of nitrogens with zero attached hydrogens (tertiary/aromatic N) is 1. The minimum Gasteiger partial charge on any atom is -0.507 e. The van der Waals surface area contributed by atoms with Crippen LogP contribution in [-0.4, -0.2) is 22.3 Å². The van der Waals surface area contributed by atoms with E-state index in [1.165, 1.54) is 11.3 Å². The molecule has 0 fully saturated rings. The van der Waals surface area contributed by atoms with Gasteiger partial charge in [-0.1, -0.05) is 23.5 Å². The summed E-state index contributed by atoms with van der Waals surface area (Å²) in [6.07, 6.45) is 1.97. The molecule has 100 valence electrons. The van der Waals surface area contributed by atoms with Crippen molar-refractivity contribution >= 4 is 34.1 Å². The summed E-state index contributed by atoms with van der Waals surface area (Å²) in [5.74, 6) is -0.332. The molecule has 1 amide bonds. The molecular weight excluding hydrogens is 280 g/mol. The number of hydrogen-bond acceptors (Lipinski definition) is 5. The number of rotatable bonds is 3. The summed E-state index contributed by atoms with van der Waals surface area (Å²) in [7, 11) is 0. The third-order valence-electron chi connectivity index (χ3n) is 2.64. The van der Waals surface area contributed by atoms with E-state index in [9.17, 15) is 9.90 Å². The lowest BCUT2D eigenvalue weighted by molar-refractivity contribution is 0.102. The topological polar surface area (TPSA) is 62.2 Å². The van der Waals surface area contributed by atoms with Gasteiger partial charge in [0.2, 0.25) is 0 Å². The number of anilines is 1. The average molecular weight is 294 g/mol. The van der Waals surface area contributed by atoms with Crippen molar-refractivity contribution < 1.29 is 9.90 Å². The maximum absolute atomic E-state index is 12.1. The van der Waals surface area contributed by atoms with Gasteiger partial charge in [-0.3, -0.25) is 10.1 Å². The highest BCUT2D eigenvalue weighted by Crippen LogP contribution is 2.31. The Hall–Kier alpha value is -1.53. The van der Waals surface area contributed by atoms with Crippen LogP contribution in [0.3, 0.4) is 0 Å². The van der Waals surface area contributed by atoms with E-state index in [-0.39, 0.29) is 17.2 Å². The summed E-state index contributed by atoms with van der Waals surface area (Å²) in [4.78, 5) is 16.4. The van der Waals surface area contributed by atoms with E-state index < -0.39 is 0 Å². The smallest absolute Gasteiger partial charge is 0.261 e. The molecule has 2 aromatic rings. The second kappa shape index (κ2) is 5.63. The minimum absolute atomic E-state index is 0.0124. The molecule has 0 saturated heterocycles. The van der Waals surface area contributed by atoms with Gasteiger partial charge in [0.15, 0.2) is 5.13 Å². The first-order valence-corrected chi connectivity index (χ1v) is 7.68. The quantitative estimate of drug-likeness (QED) is 0.851. The molecule has 4 nitrogen and oxygen atoms in total. The number of amides is 1. The maximum Gasteiger partial charge on any atom is 0.261 e. The van der Waals surface area contributed by atoms with E-state index in [2.05, 4.69) is 10.3 Å². The molecule has 0 aliphatic carbocycles. The zero-order valence-electron chi connectivity index (χ0n) is 10.9. The largest absolute Gasteiger partial charge is 0.507 e. The van der Waals surface area contributed by atoms with Crippen LogP contribution in [0.25, 0.3) is 0 Å². The normalized spacial score (nSPS) is 10.5. The van der Waals surface area contributed by atoms with Crippen molar-refractivity contribution in [2.24, 2.45) is 0 Å². The highest BCUT2D eigenvalue weighted by Gasteiger charge is 2.15. The second-order valence-electron chi connectivity index (χ2n) is 4.02. The number of thioether (sulfide) groups is 1. The number of phenolic OH excluding ortho intramolecular Hbond substituents is 1. The van der Waals surface area contributed by atoms with E-state index >= 15 is 0 Å². The number of aromatic nitrogens is 1. The predicted octanol–water partition coefficient (Wildman–Crippen LogP) is 3.44. The number of benzene rings is 1. The van der Waals surface area contributed by atoms with Gasteiger partial charge < -0.3 is 5.11 Å². The van der Waals surface area contributed by atoms with Gasteiger partial charge in [-0.2, -0.15) is 0 Å². The highest BCUT2D eigenvalue weighted by molar-refractivity contribution is 8.00. The summed E-state index contributed by atoms with van der Waals surface area (Å²) in [5.41, 5.74) is 1.84. The number of thiazole rings is 1. The van der Waals surface area contributed by atoms with Crippen LogP contribution in [-0.2, 0) is 0 Å². The molecule has 19 heavy (non-hydrogen) atoms. The summed E-state index contributed by atoms with van der Waals surface area (Å²) < 4.78 is 1.07. The van der Waals surface area contributed by atoms with Crippen molar-refractivity contribution in [2.45, 2.75) is 18.1 Å². The number of aromatic hydroxyl groups is 1. The molecule has 1 aromatic heterocycles. The van der Waals surface area contributed by atoms with Gasteiger partial charge in [0.1, 0.15) is 5.75 Å². The predicted molar refractivity (Wildman–Crippen MR) is 79.4 cm³/mol. The van der Waals surface area contributed by atoms with Crippen molar-refractivity contribution in [3.8, 4) is 5.75 Å². The fourth-order valence-electron chi connectivity index (χ4n) is 1.63. The second-order valence-corrected chi connectivity index (χ2v) is 6.10. The first kappa shape index (κ1) is 13.9. The van der Waals surface area contributed by atoms with Crippen molar-refractivity contribution in [1.82, 2.24) is 4.98 Å². The molecule has 0 spiro atoms. The molecule has 6 heteroatoms. The van der Waals surface area contributed by atoms with Crippen LogP contribution in [0.4, 0.5) is 5.13 Å². The monoisotopic (exact) mass is 294 g/mol. The number of nitrogens with one attached hydrogen (secondary N) is 1. The first-order valence-electron chi connectivity index (χ1n) is 5.64. The van der Waals surface area contributed by atoms with Gasteiger partial charge in [0.05, 0.1) is 15.5 Å². The number of phenols is 1. The molecule has 2 N–H and O–H groups in total. The molecule has 0 bridgehead atoms. The van der Waals surface area contributed by atoms with Crippen LogP contribution in [0.15, 0.2) is 22.4 Å². The van der Waals surface area contributed by atoms with Crippen molar-refractivity contribution in [1.29, 1.82) is 0 Å². The van der Waals surface area contributed by atoms with Gasteiger partial charge >= 0.3 is 0 Å². The van der Waals surface area contributed by atoms with Crippen molar-refractivity contribution in [3.63, 3.8) is 0 Å². The van der Waals surface area contributed by atoms with Crippen molar-refractivity contribution in [3.05, 3.63) is 35.0 Å². The summed E-state index contributed by atoms with van der Waals surface area (Å²) in [5, 5.41) is 13.1. The number of para-hydroxylation sites is 1. The number of carbonyl (C=O) groups excluding carboxylic acids is 1. The van der Waals surface area contributed by atoms with Gasteiger partial charge in [-0.25, -0.2) is 4.98 Å². The Morgan fingerprint density at radius 2 is 2.16 bits per heavy atom. The lowest BCUT2D eigenvalue weighted by Gasteiger charge is -2.06. The Balaban J connectivity index is 2.23. The minimum atomic E-state index is -0.345. The van der Waals surface area contributed by atoms with E-state index in [1.54, 1.807) is 36.9 Å². The Labute approximate surface area is 119 Å². The molecule has 0 saturated carbocycles. The summed E-state index contributed by atoms with van der Waals surface area (Å²) in [6.45, 7) is 3.66. The van der Waals surface area contributed by atoms with Crippen LogP contribution >= 0.6 is 23.1 Å². The SMILES string of the molecule is CSc1sc(NC(=O)c2cccc(C)c2O)nc1C. The standard InChI is InChI=1S/C13H14N2O2S2/c1-7-5-4-6-9(10(7)16)11(17)15-13-14-8(2)12(18-3)19-13/h4-6,16H,1-3H3,(H,14,15,17). The van der Waals surface area contributed by atoms with Gasteiger partial charge in [-0.15, -0.1) is 11.8 Å². The van der Waals surface area contributed by atoms with E-state index in [0.29, 0.717) is 10.7 Å². The first-order chi connectivity index (χ1) is 9.02. The van der Waals surface area contributed by atoms with E-state index in [0.717, 1.165) is 9.90 Å². The third kappa shape index (κ3) is 2.90. The van der Waals surface area contributed by atoms with Gasteiger partial charge in [-0.05, 0) is 31.7 Å². The molecule has 1 aromatic carbocycles. The number of aryl methyl sites for hydroxylation is 2. The van der Waals surface area contributed by atoms with E-state index in [1.807, 2.05) is 13.2 Å². The Bertz CT molecular complexity index is 623. The summed E-state index contributed by atoms with van der Waals surface area (Å²) >= 11 is 3.03. The molecule has 0 unspecified atom stereocenters. The van der Waals surface area contributed by atoms with Crippen LogP contribution < -0.4 is 5.32 Å². The fraction of sp³-hybridized carbons (Fsp3) is 0.231. The van der Waals surface area contributed by atoms with Crippen LogP contribution in [0.1, 0.15) is 21.6 Å². The van der Waals surface area contributed by atoms with E-state index in [4.69, 9.17) is 0 Å². The Morgan fingerprint density at radius 3 is 2.79 bits per heavy atom. The lowest BCUT2D eigenvalue weighted by Crippen LogP contribution is -2.12.